The molecular formula is C27H35FN4O5S. The summed E-state index contributed by atoms with van der Waals surface area (Å²) in [5.41, 5.74) is 1.47. The van der Waals surface area contributed by atoms with E-state index in [0.29, 0.717) is 24.4 Å². The van der Waals surface area contributed by atoms with Gasteiger partial charge in [-0.05, 0) is 82.1 Å². The SMILES string of the molecule is Cc1cc(OCCCN(C)C)ccc1CCS(=O)(=O)N1CCC2(CC1)N=C(c1cccc(OF)c1)NC2=O. The van der Waals surface area contributed by atoms with Crippen LogP contribution in [0.4, 0.5) is 4.53 Å². The standard InChI is InChI=1S/C27H35FN4O5S/c1-20-18-23(36-16-5-13-31(2)3)9-8-21(20)10-17-38(34,35)32-14-11-27(12-15-32)26(33)29-25(30-27)22-6-4-7-24(19-22)37-28/h4,6-9,18-19H,5,10-17H2,1-3H3,(H,29,30,33). The number of rotatable bonds is 11. The quantitative estimate of drug-likeness (QED) is 0.435. The van der Waals surface area contributed by atoms with Gasteiger partial charge in [0.05, 0.1) is 12.4 Å². The molecule has 0 bridgehead atoms. The third-order valence-corrected chi connectivity index (χ3v) is 8.95. The van der Waals surface area contributed by atoms with Gasteiger partial charge in [0.1, 0.15) is 17.1 Å². The fourth-order valence-electron chi connectivity index (χ4n) is 4.80. The van der Waals surface area contributed by atoms with Gasteiger partial charge >= 0.3 is 0 Å². The Morgan fingerprint density at radius 1 is 1.13 bits per heavy atom. The molecule has 1 spiro atoms. The third-order valence-electron chi connectivity index (χ3n) is 7.08. The Bertz CT molecular complexity index is 1290. The number of hydrogen-bond donors (Lipinski definition) is 1. The van der Waals surface area contributed by atoms with E-state index in [4.69, 9.17) is 4.74 Å². The number of carbonyl (C=O) groups excluding carboxylic acids is 1. The van der Waals surface area contributed by atoms with Crippen LogP contribution >= 0.6 is 0 Å². The lowest BCUT2D eigenvalue weighted by Crippen LogP contribution is -2.50. The molecule has 0 radical (unpaired) electrons. The molecule has 11 heteroatoms. The van der Waals surface area contributed by atoms with Crippen LogP contribution in [-0.2, 0) is 21.2 Å². The zero-order chi connectivity index (χ0) is 27.3. The van der Waals surface area contributed by atoms with Gasteiger partial charge in [-0.3, -0.25) is 14.7 Å². The fourth-order valence-corrected chi connectivity index (χ4v) is 6.27. The molecule has 9 nitrogen and oxygen atoms in total. The van der Waals surface area contributed by atoms with Crippen molar-refractivity contribution in [1.29, 1.82) is 0 Å². The van der Waals surface area contributed by atoms with Crippen molar-refractivity contribution in [2.75, 3.05) is 46.1 Å². The Hall–Kier alpha value is -3.02. The van der Waals surface area contributed by atoms with Gasteiger partial charge in [0.15, 0.2) is 5.75 Å². The number of piperidine rings is 1. The van der Waals surface area contributed by atoms with Crippen LogP contribution in [0.5, 0.6) is 11.5 Å². The maximum absolute atomic E-state index is 13.1. The lowest BCUT2D eigenvalue weighted by molar-refractivity contribution is -0.124. The normalized spacial score (nSPS) is 17.5. The molecule has 2 aliphatic heterocycles. The van der Waals surface area contributed by atoms with E-state index in [0.717, 1.165) is 29.8 Å². The smallest absolute Gasteiger partial charge is 0.253 e. The second-order valence-corrected chi connectivity index (χ2v) is 12.2. The Morgan fingerprint density at radius 3 is 2.58 bits per heavy atom. The molecule has 206 valence electrons. The molecule has 0 unspecified atom stereocenters. The molecular weight excluding hydrogens is 511 g/mol. The predicted molar refractivity (Wildman–Crippen MR) is 144 cm³/mol. The van der Waals surface area contributed by atoms with E-state index in [1.165, 1.54) is 16.4 Å². The molecule has 1 N–H and O–H groups in total. The Kier molecular flexibility index (Phi) is 8.69. The lowest BCUT2D eigenvalue weighted by Gasteiger charge is -2.34. The summed E-state index contributed by atoms with van der Waals surface area (Å²) in [5, 5.41) is 2.77. The molecule has 0 aliphatic carbocycles. The summed E-state index contributed by atoms with van der Waals surface area (Å²) in [6.45, 7) is 3.96. The molecule has 1 saturated heterocycles. The van der Waals surface area contributed by atoms with Crippen molar-refractivity contribution in [2.45, 2.75) is 38.1 Å². The minimum Gasteiger partial charge on any atom is -0.494 e. The van der Waals surface area contributed by atoms with Crippen molar-refractivity contribution in [3.05, 3.63) is 59.2 Å². The van der Waals surface area contributed by atoms with E-state index >= 15 is 0 Å². The molecule has 2 heterocycles. The van der Waals surface area contributed by atoms with Crippen LogP contribution in [0, 0.1) is 6.92 Å². The van der Waals surface area contributed by atoms with Crippen LogP contribution in [0.1, 0.15) is 36.0 Å². The van der Waals surface area contributed by atoms with Crippen molar-refractivity contribution in [3.8, 4) is 11.5 Å². The highest BCUT2D eigenvalue weighted by molar-refractivity contribution is 7.89. The number of carbonyl (C=O) groups is 1. The van der Waals surface area contributed by atoms with Crippen molar-refractivity contribution in [3.63, 3.8) is 0 Å². The van der Waals surface area contributed by atoms with Gasteiger partial charge in [-0.25, -0.2) is 12.7 Å². The van der Waals surface area contributed by atoms with Gasteiger partial charge in [-0.1, -0.05) is 18.2 Å². The highest BCUT2D eigenvalue weighted by Crippen LogP contribution is 2.32. The lowest BCUT2D eigenvalue weighted by atomic mass is 9.89. The van der Waals surface area contributed by atoms with E-state index in [-0.39, 0.29) is 43.3 Å². The Balaban J connectivity index is 1.33. The van der Waals surface area contributed by atoms with Crippen molar-refractivity contribution < 1.29 is 27.4 Å². The van der Waals surface area contributed by atoms with E-state index < -0.39 is 15.6 Å². The number of ether oxygens (including phenoxy) is 1. The summed E-state index contributed by atoms with van der Waals surface area (Å²) < 4.78 is 46.1. The van der Waals surface area contributed by atoms with Crippen molar-refractivity contribution in [1.82, 2.24) is 14.5 Å². The number of benzene rings is 2. The number of amides is 1. The molecule has 2 aromatic carbocycles. The number of aryl methyl sites for hydroxylation is 2. The summed E-state index contributed by atoms with van der Waals surface area (Å²) in [6.07, 6.45) is 1.88. The molecule has 38 heavy (non-hydrogen) atoms. The maximum atomic E-state index is 13.1. The van der Waals surface area contributed by atoms with Crippen LogP contribution in [0.15, 0.2) is 47.5 Å². The molecule has 2 aliphatic rings. The Labute approximate surface area is 223 Å². The molecule has 4 rings (SSSR count). The van der Waals surface area contributed by atoms with Gasteiger partial charge in [0.25, 0.3) is 5.91 Å². The van der Waals surface area contributed by atoms with Crippen molar-refractivity contribution >= 4 is 21.8 Å². The van der Waals surface area contributed by atoms with Crippen LogP contribution in [0.3, 0.4) is 0 Å². The predicted octanol–water partition coefficient (Wildman–Crippen LogP) is 2.87. The monoisotopic (exact) mass is 546 g/mol. The molecule has 1 fully saturated rings. The minimum absolute atomic E-state index is 0.0127. The molecule has 0 aromatic heterocycles. The highest BCUT2D eigenvalue weighted by atomic mass is 32.2. The Morgan fingerprint density at radius 2 is 1.89 bits per heavy atom. The second-order valence-electron chi connectivity index (χ2n) is 10.1. The van der Waals surface area contributed by atoms with Crippen LogP contribution in [0.25, 0.3) is 0 Å². The summed E-state index contributed by atoms with van der Waals surface area (Å²) in [6, 6.07) is 12.0. The summed E-state index contributed by atoms with van der Waals surface area (Å²) in [5.74, 6) is 0.855. The maximum Gasteiger partial charge on any atom is 0.253 e. The highest BCUT2D eigenvalue weighted by Gasteiger charge is 2.47. The number of amidine groups is 1. The number of nitrogens with one attached hydrogen (secondary N) is 1. The first-order valence-corrected chi connectivity index (χ1v) is 14.4. The van der Waals surface area contributed by atoms with Crippen LogP contribution < -0.4 is 15.0 Å². The van der Waals surface area contributed by atoms with Gasteiger partial charge in [0.2, 0.25) is 10.0 Å². The first-order valence-electron chi connectivity index (χ1n) is 12.8. The minimum atomic E-state index is -3.51. The summed E-state index contributed by atoms with van der Waals surface area (Å²) >= 11 is 0. The molecule has 0 saturated carbocycles. The zero-order valence-electron chi connectivity index (χ0n) is 22.1. The average molecular weight is 547 g/mol. The average Bonchev–Trinajstić information content (AvgIpc) is 3.21. The number of nitrogens with zero attached hydrogens (tertiary/aromatic N) is 3. The number of aliphatic imine (C=N–C) groups is 1. The number of sulfonamides is 1. The van der Waals surface area contributed by atoms with Crippen molar-refractivity contribution in [2.24, 2.45) is 4.99 Å². The van der Waals surface area contributed by atoms with E-state index in [1.54, 1.807) is 12.1 Å². The van der Waals surface area contributed by atoms with Crippen LogP contribution in [0.2, 0.25) is 0 Å². The first-order chi connectivity index (χ1) is 18.1. The van der Waals surface area contributed by atoms with E-state index in [9.17, 15) is 17.7 Å². The summed E-state index contributed by atoms with van der Waals surface area (Å²) in [7, 11) is 0.537. The molecule has 1 amide bonds. The second kappa shape index (κ2) is 11.8. The van der Waals surface area contributed by atoms with Crippen LogP contribution in [-0.4, -0.2) is 81.0 Å². The van der Waals surface area contributed by atoms with E-state index in [1.807, 2.05) is 39.2 Å². The number of halogens is 1. The molecule has 2 aromatic rings. The largest absolute Gasteiger partial charge is 0.494 e. The molecule has 0 atom stereocenters. The first kappa shape index (κ1) is 28.0. The fraction of sp³-hybridized carbons (Fsp3) is 0.481. The topological polar surface area (TPSA) is 101 Å². The zero-order valence-corrected chi connectivity index (χ0v) is 22.9. The van der Waals surface area contributed by atoms with Gasteiger partial charge in [0, 0.05) is 29.7 Å². The summed E-state index contributed by atoms with van der Waals surface area (Å²) in [4.78, 5) is 23.3. The van der Waals surface area contributed by atoms with Gasteiger partial charge < -0.3 is 15.0 Å². The van der Waals surface area contributed by atoms with Gasteiger partial charge in [-0.2, -0.15) is 0 Å². The number of hydrogen-bond acceptors (Lipinski definition) is 7. The van der Waals surface area contributed by atoms with E-state index in [2.05, 4.69) is 20.2 Å². The van der Waals surface area contributed by atoms with Gasteiger partial charge in [-0.15, -0.1) is 0 Å². The third kappa shape index (κ3) is 6.51.